The van der Waals surface area contributed by atoms with Crippen LogP contribution < -0.4 is 5.32 Å². The molecule has 0 bridgehead atoms. The Morgan fingerprint density at radius 2 is 2.12 bits per heavy atom. The number of Topliss-reactive ketones (excluding diaryl/α,β-unsaturated/α-hetero) is 1. The van der Waals surface area contributed by atoms with Crippen LogP contribution in [0, 0.1) is 17.8 Å². The van der Waals surface area contributed by atoms with Gasteiger partial charge in [-0.3, -0.25) is 9.59 Å². The monoisotopic (exact) mass is 247 g/mol. The molecule has 1 saturated heterocycles. The molecule has 2 N–H and O–H groups in total. The van der Waals surface area contributed by atoms with Crippen LogP contribution in [-0.2, 0) is 9.59 Å². The van der Waals surface area contributed by atoms with E-state index in [-0.39, 0.29) is 13.0 Å². The molecule has 1 aliphatic heterocycles. The third kappa shape index (κ3) is 1.94. The minimum atomic E-state index is -1.44. The molecule has 0 aromatic carbocycles. The normalized spacial score (nSPS) is 46.4. The van der Waals surface area contributed by atoms with Crippen molar-refractivity contribution in [3.8, 4) is 0 Å². The van der Waals surface area contributed by atoms with Gasteiger partial charge in [-0.1, -0.05) is 6.92 Å². The number of fused-ring (bicyclic) bond motifs is 1. The van der Waals surface area contributed by atoms with Gasteiger partial charge in [0.15, 0.2) is 5.78 Å². The zero-order valence-corrected chi connectivity index (χ0v) is 9.40. The molecule has 4 nitrogen and oxygen atoms in total. The van der Waals surface area contributed by atoms with E-state index >= 15 is 0 Å². The quantitative estimate of drug-likeness (QED) is 0.664. The van der Waals surface area contributed by atoms with E-state index in [0.29, 0.717) is 0 Å². The molecular formula is C11H15F2NO3. The first-order valence-corrected chi connectivity index (χ1v) is 5.71. The summed E-state index contributed by atoms with van der Waals surface area (Å²) in [5, 5.41) is 11.6. The summed E-state index contributed by atoms with van der Waals surface area (Å²) in [6, 6.07) is -0.736. The second-order valence-corrected chi connectivity index (χ2v) is 4.89. The van der Waals surface area contributed by atoms with Crippen LogP contribution in [0.25, 0.3) is 0 Å². The lowest BCUT2D eigenvalue weighted by atomic mass is 9.70. The van der Waals surface area contributed by atoms with Gasteiger partial charge >= 0.3 is 5.97 Å². The highest BCUT2D eigenvalue weighted by atomic mass is 19.1. The van der Waals surface area contributed by atoms with E-state index in [0.717, 1.165) is 0 Å². The van der Waals surface area contributed by atoms with Crippen LogP contribution in [0.5, 0.6) is 0 Å². The van der Waals surface area contributed by atoms with Crippen molar-refractivity contribution in [2.45, 2.75) is 31.7 Å². The first-order chi connectivity index (χ1) is 7.93. The molecule has 0 radical (unpaired) electrons. The number of hydrogen-bond donors (Lipinski definition) is 2. The predicted octanol–water partition coefficient (Wildman–Crippen LogP) is 0.560. The number of carboxylic acid groups (broad SMARTS) is 1. The minimum Gasteiger partial charge on any atom is -0.481 e. The Bertz CT molecular complexity index is 350. The minimum absolute atomic E-state index is 0.0700. The van der Waals surface area contributed by atoms with Gasteiger partial charge in [-0.2, -0.15) is 0 Å². The molecule has 6 unspecified atom stereocenters. The Morgan fingerprint density at radius 3 is 2.71 bits per heavy atom. The lowest BCUT2D eigenvalue weighted by molar-refractivity contribution is -0.152. The molecule has 6 atom stereocenters. The number of aliphatic carboxylic acids is 1. The SMILES string of the molecule is CC1C(F)CC2C(=O)C(C(=O)O)CNC2C1F. The molecule has 2 aliphatic rings. The van der Waals surface area contributed by atoms with Crippen molar-refractivity contribution < 1.29 is 23.5 Å². The highest BCUT2D eigenvalue weighted by molar-refractivity contribution is 6.00. The smallest absolute Gasteiger partial charge is 0.315 e. The van der Waals surface area contributed by atoms with Crippen molar-refractivity contribution in [2.75, 3.05) is 6.54 Å². The Morgan fingerprint density at radius 1 is 1.47 bits per heavy atom. The standard InChI is InChI=1S/C11H15F2NO3/c1-4-7(12)2-5-9(8(4)13)14-3-6(10(5)15)11(16)17/h4-9,14H,2-3H2,1H3,(H,16,17). The summed E-state index contributed by atoms with van der Waals surface area (Å²) in [7, 11) is 0. The fourth-order valence-corrected chi connectivity index (χ4v) is 2.72. The van der Waals surface area contributed by atoms with E-state index in [9.17, 15) is 18.4 Å². The number of carbonyl (C=O) groups is 2. The van der Waals surface area contributed by atoms with Crippen LogP contribution in [0.2, 0.25) is 0 Å². The van der Waals surface area contributed by atoms with E-state index in [1.165, 1.54) is 6.92 Å². The Balaban J connectivity index is 2.20. The number of piperidine rings is 1. The molecule has 0 aromatic heterocycles. The number of alkyl halides is 2. The fourth-order valence-electron chi connectivity index (χ4n) is 2.72. The maximum atomic E-state index is 13.9. The number of hydrogen-bond acceptors (Lipinski definition) is 3. The number of rotatable bonds is 1. The van der Waals surface area contributed by atoms with Crippen LogP contribution in [0.4, 0.5) is 8.78 Å². The van der Waals surface area contributed by atoms with Gasteiger partial charge in [0, 0.05) is 24.4 Å². The largest absolute Gasteiger partial charge is 0.481 e. The lowest BCUT2D eigenvalue weighted by Gasteiger charge is -2.43. The van der Waals surface area contributed by atoms with E-state index in [2.05, 4.69) is 5.32 Å². The number of carbonyl (C=O) groups excluding carboxylic acids is 1. The van der Waals surface area contributed by atoms with Crippen molar-refractivity contribution in [3.63, 3.8) is 0 Å². The van der Waals surface area contributed by atoms with Gasteiger partial charge in [-0.05, 0) is 6.42 Å². The van der Waals surface area contributed by atoms with Crippen molar-refractivity contribution >= 4 is 11.8 Å². The van der Waals surface area contributed by atoms with Crippen molar-refractivity contribution in [1.82, 2.24) is 5.32 Å². The zero-order chi connectivity index (χ0) is 12.7. The number of ketones is 1. The molecule has 17 heavy (non-hydrogen) atoms. The maximum absolute atomic E-state index is 13.9. The van der Waals surface area contributed by atoms with Crippen LogP contribution in [0.3, 0.4) is 0 Å². The number of halogens is 2. The van der Waals surface area contributed by atoms with Crippen molar-refractivity contribution in [2.24, 2.45) is 17.8 Å². The number of nitrogens with one attached hydrogen (secondary N) is 1. The molecule has 2 fully saturated rings. The van der Waals surface area contributed by atoms with E-state index in [4.69, 9.17) is 5.11 Å². The molecule has 6 heteroatoms. The van der Waals surface area contributed by atoms with Crippen LogP contribution in [0.15, 0.2) is 0 Å². The molecular weight excluding hydrogens is 232 g/mol. The molecule has 1 aliphatic carbocycles. The second-order valence-electron chi connectivity index (χ2n) is 4.89. The summed E-state index contributed by atoms with van der Waals surface area (Å²) in [6.07, 6.45) is -2.91. The van der Waals surface area contributed by atoms with E-state index in [1.54, 1.807) is 0 Å². The third-order valence-corrected chi connectivity index (χ3v) is 3.89. The summed E-state index contributed by atoms with van der Waals surface area (Å²) in [4.78, 5) is 22.7. The van der Waals surface area contributed by atoms with Gasteiger partial charge in [0.1, 0.15) is 18.3 Å². The van der Waals surface area contributed by atoms with E-state index < -0.39 is 47.9 Å². The highest BCUT2D eigenvalue weighted by Gasteiger charge is 2.51. The summed E-state index contributed by atoms with van der Waals surface area (Å²) in [5.74, 6) is -4.56. The predicted molar refractivity (Wildman–Crippen MR) is 55.0 cm³/mol. The molecule has 2 rings (SSSR count). The maximum Gasteiger partial charge on any atom is 0.315 e. The molecule has 1 heterocycles. The van der Waals surface area contributed by atoms with Gasteiger partial charge in [0.05, 0.1) is 0 Å². The Kier molecular flexibility index (Phi) is 3.16. The van der Waals surface area contributed by atoms with Crippen LogP contribution in [0.1, 0.15) is 13.3 Å². The summed E-state index contributed by atoms with van der Waals surface area (Å²) >= 11 is 0. The van der Waals surface area contributed by atoms with Gasteiger partial charge < -0.3 is 10.4 Å². The summed E-state index contributed by atoms with van der Waals surface area (Å²) in [6.45, 7) is 1.40. The highest BCUT2D eigenvalue weighted by Crippen LogP contribution is 2.37. The topological polar surface area (TPSA) is 66.4 Å². The second kappa shape index (κ2) is 4.33. The zero-order valence-electron chi connectivity index (χ0n) is 9.40. The van der Waals surface area contributed by atoms with Crippen molar-refractivity contribution in [3.05, 3.63) is 0 Å². The van der Waals surface area contributed by atoms with Gasteiger partial charge in [-0.25, -0.2) is 8.78 Å². The molecule has 1 saturated carbocycles. The Hall–Kier alpha value is -1.04. The van der Waals surface area contributed by atoms with Crippen LogP contribution >= 0.6 is 0 Å². The number of carboxylic acids is 1. The molecule has 96 valence electrons. The molecule has 0 amide bonds. The fraction of sp³-hybridized carbons (Fsp3) is 0.818. The third-order valence-electron chi connectivity index (χ3n) is 3.89. The van der Waals surface area contributed by atoms with Gasteiger partial charge in [-0.15, -0.1) is 0 Å². The first kappa shape index (κ1) is 12.4. The lowest BCUT2D eigenvalue weighted by Crippen LogP contribution is -2.62. The van der Waals surface area contributed by atoms with Crippen LogP contribution in [-0.4, -0.2) is 41.8 Å². The molecule has 0 spiro atoms. The average Bonchev–Trinajstić information content (AvgIpc) is 2.27. The molecule has 0 aromatic rings. The Labute approximate surface area is 97.4 Å². The van der Waals surface area contributed by atoms with Gasteiger partial charge in [0.25, 0.3) is 0 Å². The first-order valence-electron chi connectivity index (χ1n) is 5.71. The van der Waals surface area contributed by atoms with Gasteiger partial charge in [0.2, 0.25) is 0 Å². The van der Waals surface area contributed by atoms with E-state index in [1.807, 2.05) is 0 Å². The summed E-state index contributed by atoms with van der Waals surface area (Å²) < 4.78 is 27.4. The van der Waals surface area contributed by atoms with Crippen molar-refractivity contribution in [1.29, 1.82) is 0 Å². The average molecular weight is 247 g/mol. The summed E-state index contributed by atoms with van der Waals surface area (Å²) in [5.41, 5.74) is 0.